The molecule has 0 bridgehead atoms. The van der Waals surface area contributed by atoms with Crippen LogP contribution in [0.3, 0.4) is 0 Å². The minimum absolute atomic E-state index is 0.133. The van der Waals surface area contributed by atoms with Crippen LogP contribution < -0.4 is 0 Å². The Hall–Kier alpha value is -1.12. The molecule has 1 aliphatic carbocycles. The molecule has 4 atom stereocenters. The predicted octanol–water partition coefficient (Wildman–Crippen LogP) is 1.93. The van der Waals surface area contributed by atoms with E-state index in [-0.39, 0.29) is 18.4 Å². The molecular weight excluding hydrogens is 212 g/mol. The lowest BCUT2D eigenvalue weighted by Crippen LogP contribution is -2.33. The van der Waals surface area contributed by atoms with Crippen molar-refractivity contribution in [1.82, 2.24) is 0 Å². The van der Waals surface area contributed by atoms with Crippen LogP contribution in [0.25, 0.3) is 0 Å². The van der Waals surface area contributed by atoms with Gasteiger partial charge in [-0.3, -0.25) is 0 Å². The van der Waals surface area contributed by atoms with Crippen LogP contribution in [0.4, 0.5) is 0 Å². The van der Waals surface area contributed by atoms with Gasteiger partial charge in [-0.1, -0.05) is 49.4 Å². The summed E-state index contributed by atoms with van der Waals surface area (Å²) >= 11 is 0. The molecule has 92 valence electrons. The van der Waals surface area contributed by atoms with Gasteiger partial charge in [-0.2, -0.15) is 0 Å². The van der Waals surface area contributed by atoms with Crippen molar-refractivity contribution in [3.63, 3.8) is 0 Å². The molecule has 0 unspecified atom stereocenters. The number of allylic oxidation sites excluding steroid dienone is 1. The van der Waals surface area contributed by atoms with Gasteiger partial charge in [-0.05, 0) is 11.5 Å². The Bertz CT molecular complexity index is 372. The second-order valence-electron chi connectivity index (χ2n) is 4.89. The maximum absolute atomic E-state index is 9.41. The van der Waals surface area contributed by atoms with Gasteiger partial charge < -0.3 is 10.2 Å². The van der Waals surface area contributed by atoms with E-state index in [1.165, 1.54) is 5.56 Å². The molecule has 17 heavy (non-hydrogen) atoms. The van der Waals surface area contributed by atoms with Crippen molar-refractivity contribution in [3.05, 3.63) is 48.0 Å². The number of hydrogen-bond donors (Lipinski definition) is 1. The smallest absolute Gasteiger partial charge is 0.147 e. The molecule has 2 rings (SSSR count). The molecule has 0 radical (unpaired) electrons. The Morgan fingerprint density at radius 3 is 2.47 bits per heavy atom. The molecule has 2 nitrogen and oxygen atoms in total. The van der Waals surface area contributed by atoms with Crippen molar-refractivity contribution in [2.24, 2.45) is 17.8 Å². The molecule has 0 saturated carbocycles. The molecule has 2 heteroatoms. The molecule has 0 aromatic heterocycles. The first-order chi connectivity index (χ1) is 8.27. The third-order valence-electron chi connectivity index (χ3n) is 3.87. The van der Waals surface area contributed by atoms with Crippen LogP contribution in [0.5, 0.6) is 0 Å². The van der Waals surface area contributed by atoms with Crippen molar-refractivity contribution >= 4 is 0 Å². The molecule has 0 saturated heterocycles. The average molecular weight is 233 g/mol. The zero-order chi connectivity index (χ0) is 12.3. The standard InChI is InChI=1S/C15H20O2/c1-11-7-8-13(9-16)14(10-17)15(11)12-5-3-2-4-6-12/h2-8,11,13-17H,9-10H2,1H3/p+1/t11-,13-,14+,15-/m0/s1. The summed E-state index contributed by atoms with van der Waals surface area (Å²) in [6.45, 7) is 2.72. The highest BCUT2D eigenvalue weighted by Gasteiger charge is 2.36. The third kappa shape index (κ3) is 2.43. The van der Waals surface area contributed by atoms with Gasteiger partial charge >= 0.3 is 0 Å². The normalized spacial score (nSPS) is 32.6. The van der Waals surface area contributed by atoms with E-state index in [4.69, 9.17) is 5.11 Å². The zero-order valence-corrected chi connectivity index (χ0v) is 10.2. The molecular formula is C15H21O2+. The van der Waals surface area contributed by atoms with Gasteiger partial charge in [0, 0.05) is 24.4 Å². The first-order valence-electron chi connectivity index (χ1n) is 6.26. The van der Waals surface area contributed by atoms with Crippen LogP contribution in [0.15, 0.2) is 42.5 Å². The third-order valence-corrected chi connectivity index (χ3v) is 3.87. The van der Waals surface area contributed by atoms with Crippen molar-refractivity contribution in [2.45, 2.75) is 12.8 Å². The number of benzene rings is 1. The fourth-order valence-electron chi connectivity index (χ4n) is 2.94. The summed E-state index contributed by atoms with van der Waals surface area (Å²) in [5.74, 6) is 1.16. The lowest BCUT2D eigenvalue weighted by molar-refractivity contribution is 0.108. The monoisotopic (exact) mass is 233 g/mol. The van der Waals surface area contributed by atoms with E-state index in [2.05, 4.69) is 43.3 Å². The fraction of sp³-hybridized carbons (Fsp3) is 0.467. The number of aliphatic hydroxyl groups is 1. The Kier molecular flexibility index (Phi) is 3.97. The van der Waals surface area contributed by atoms with Gasteiger partial charge in [-0.25, -0.2) is 0 Å². The maximum Gasteiger partial charge on any atom is 0.147 e. The van der Waals surface area contributed by atoms with E-state index >= 15 is 0 Å². The lowest BCUT2D eigenvalue weighted by atomic mass is 9.68. The van der Waals surface area contributed by atoms with E-state index in [9.17, 15) is 5.11 Å². The summed E-state index contributed by atoms with van der Waals surface area (Å²) < 4.78 is 0. The second kappa shape index (κ2) is 5.48. The topological polar surface area (TPSA) is 43.1 Å². The molecule has 0 aliphatic heterocycles. The molecule has 0 amide bonds. The van der Waals surface area contributed by atoms with Gasteiger partial charge in [0.1, 0.15) is 6.61 Å². The second-order valence-corrected chi connectivity index (χ2v) is 4.89. The van der Waals surface area contributed by atoms with E-state index in [1.807, 2.05) is 6.07 Å². The zero-order valence-electron chi connectivity index (χ0n) is 10.2. The average Bonchev–Trinajstić information content (AvgIpc) is 2.39. The Labute approximate surface area is 103 Å². The van der Waals surface area contributed by atoms with Gasteiger partial charge in [0.25, 0.3) is 0 Å². The van der Waals surface area contributed by atoms with Crippen LogP contribution in [-0.2, 0) is 0 Å². The minimum Gasteiger partial charge on any atom is -0.445 e. The fourth-order valence-corrected chi connectivity index (χ4v) is 2.94. The Balaban J connectivity index is 2.33. The van der Waals surface area contributed by atoms with Gasteiger partial charge in [-0.15, -0.1) is 0 Å². The first-order valence-corrected chi connectivity index (χ1v) is 6.26. The van der Waals surface area contributed by atoms with Crippen LogP contribution in [-0.4, -0.2) is 23.4 Å². The SMILES string of the molecule is C[C@H]1C=C[C@@H](CO)[C@@H](C[OH2+])[C@@H]1c1ccccc1. The highest BCUT2D eigenvalue weighted by Crippen LogP contribution is 2.40. The highest BCUT2D eigenvalue weighted by molar-refractivity contribution is 5.25. The lowest BCUT2D eigenvalue weighted by Gasteiger charge is -2.35. The molecule has 0 heterocycles. The molecule has 1 aromatic rings. The van der Waals surface area contributed by atoms with Gasteiger partial charge in [0.15, 0.2) is 0 Å². The summed E-state index contributed by atoms with van der Waals surface area (Å²) in [6.07, 6.45) is 4.27. The van der Waals surface area contributed by atoms with Crippen molar-refractivity contribution < 1.29 is 10.2 Å². The Morgan fingerprint density at radius 1 is 1.18 bits per heavy atom. The van der Waals surface area contributed by atoms with Crippen molar-refractivity contribution in [3.8, 4) is 0 Å². The Morgan fingerprint density at radius 2 is 1.88 bits per heavy atom. The minimum atomic E-state index is 0.133. The molecule has 3 N–H and O–H groups in total. The van der Waals surface area contributed by atoms with Crippen molar-refractivity contribution in [1.29, 1.82) is 0 Å². The summed E-state index contributed by atoms with van der Waals surface area (Å²) in [7, 11) is 0. The summed E-state index contributed by atoms with van der Waals surface area (Å²) in [6, 6.07) is 10.4. The van der Waals surface area contributed by atoms with Crippen LogP contribution in [0.1, 0.15) is 18.4 Å². The van der Waals surface area contributed by atoms with E-state index in [0.29, 0.717) is 18.4 Å². The quantitative estimate of drug-likeness (QED) is 0.629. The van der Waals surface area contributed by atoms with Gasteiger partial charge in [0.05, 0.1) is 0 Å². The molecule has 1 aliphatic rings. The summed E-state index contributed by atoms with van der Waals surface area (Å²) in [5, 5.41) is 17.2. The van der Waals surface area contributed by atoms with Crippen LogP contribution >= 0.6 is 0 Å². The van der Waals surface area contributed by atoms with Crippen LogP contribution in [0, 0.1) is 17.8 Å². The molecule has 0 spiro atoms. The largest absolute Gasteiger partial charge is 0.445 e. The number of hydrogen-bond acceptors (Lipinski definition) is 1. The molecule has 0 fully saturated rings. The van der Waals surface area contributed by atoms with E-state index < -0.39 is 0 Å². The number of aliphatic hydroxyl groups excluding tert-OH is 1. The highest BCUT2D eigenvalue weighted by atomic mass is 16.3. The number of rotatable bonds is 3. The maximum atomic E-state index is 9.41. The van der Waals surface area contributed by atoms with Gasteiger partial charge in [0.2, 0.25) is 0 Å². The van der Waals surface area contributed by atoms with E-state index in [1.54, 1.807) is 0 Å². The summed E-state index contributed by atoms with van der Waals surface area (Å²) in [5.41, 5.74) is 1.29. The summed E-state index contributed by atoms with van der Waals surface area (Å²) in [4.78, 5) is 0. The van der Waals surface area contributed by atoms with Crippen molar-refractivity contribution in [2.75, 3.05) is 13.2 Å². The van der Waals surface area contributed by atoms with Crippen LogP contribution in [0.2, 0.25) is 0 Å². The molecule has 1 aromatic carbocycles. The van der Waals surface area contributed by atoms with E-state index in [0.717, 1.165) is 0 Å². The predicted molar refractivity (Wildman–Crippen MR) is 70.0 cm³/mol. The first kappa shape index (κ1) is 12.3.